The van der Waals surface area contributed by atoms with Crippen molar-refractivity contribution in [3.63, 3.8) is 0 Å². The molecule has 0 spiro atoms. The lowest BCUT2D eigenvalue weighted by Crippen LogP contribution is -1.96. The van der Waals surface area contributed by atoms with E-state index < -0.39 is 5.82 Å². The van der Waals surface area contributed by atoms with E-state index in [9.17, 15) is 4.39 Å². The van der Waals surface area contributed by atoms with Gasteiger partial charge in [0.15, 0.2) is 0 Å². The highest BCUT2D eigenvalue weighted by Gasteiger charge is 2.02. The van der Waals surface area contributed by atoms with Crippen molar-refractivity contribution in [2.24, 2.45) is 0 Å². The van der Waals surface area contributed by atoms with Crippen molar-refractivity contribution < 1.29 is 14.2 Å². The molecule has 2 nitrogen and oxygen atoms in total. The van der Waals surface area contributed by atoms with Crippen LogP contribution in [-0.4, -0.2) is 11.7 Å². The first kappa shape index (κ1) is 15.7. The molecule has 0 unspecified atom stereocenters. The van der Waals surface area contributed by atoms with Gasteiger partial charge in [-0.3, -0.25) is 0 Å². The van der Waals surface area contributed by atoms with Crippen molar-refractivity contribution in [3.05, 3.63) is 69.4 Å². The summed E-state index contributed by atoms with van der Waals surface area (Å²) in [6.45, 7) is 0.568. The van der Waals surface area contributed by atoms with Crippen molar-refractivity contribution in [2.75, 3.05) is 6.61 Å². The van der Waals surface area contributed by atoms with Gasteiger partial charge in [-0.15, -0.1) is 0 Å². The van der Waals surface area contributed by atoms with Crippen LogP contribution in [0.3, 0.4) is 0 Å². The van der Waals surface area contributed by atoms with E-state index in [1.807, 2.05) is 24.3 Å². The Hall–Kier alpha value is -1.67. The second-order valence-electron chi connectivity index (χ2n) is 4.40. The first-order valence-corrected chi connectivity index (χ1v) is 7.18. The van der Waals surface area contributed by atoms with Gasteiger partial charge in [-0.25, -0.2) is 4.39 Å². The number of aliphatic hydroxyl groups is 1. The zero-order valence-electron chi connectivity index (χ0n) is 11.3. The summed E-state index contributed by atoms with van der Waals surface area (Å²) < 4.78 is 20.1. The molecule has 0 aromatic heterocycles. The Kier molecular flexibility index (Phi) is 5.94. The van der Waals surface area contributed by atoms with E-state index in [1.54, 1.807) is 12.1 Å². The summed E-state index contributed by atoms with van der Waals surface area (Å²) in [6, 6.07) is 12.5. The lowest BCUT2D eigenvalue weighted by molar-refractivity contribution is 0.107. The van der Waals surface area contributed by atoms with E-state index in [0.717, 1.165) is 15.6 Å². The minimum Gasteiger partial charge on any atom is -0.384 e. The Bertz CT molecular complexity index is 674. The molecule has 0 amide bonds. The van der Waals surface area contributed by atoms with Crippen LogP contribution >= 0.6 is 15.9 Å². The standard InChI is InChI=1S/C17H14BrFO2/c18-16-5-1-3-13(10-16)11-21-12-14-6-7-17(19)15(9-14)4-2-8-20/h1,3,5-7,9-10,20H,8,11-12H2. The zero-order chi connectivity index (χ0) is 15.1. The number of rotatable bonds is 4. The third kappa shape index (κ3) is 4.98. The SMILES string of the molecule is OCC#Cc1cc(COCc2cccc(Br)c2)ccc1F. The van der Waals surface area contributed by atoms with E-state index >= 15 is 0 Å². The van der Waals surface area contributed by atoms with E-state index in [0.29, 0.717) is 13.2 Å². The van der Waals surface area contributed by atoms with Crippen LogP contribution in [0.5, 0.6) is 0 Å². The highest BCUT2D eigenvalue weighted by Crippen LogP contribution is 2.14. The summed E-state index contributed by atoms with van der Waals surface area (Å²) in [5.41, 5.74) is 2.17. The van der Waals surface area contributed by atoms with Crippen LogP contribution in [-0.2, 0) is 18.0 Å². The molecule has 2 aromatic rings. The average molecular weight is 349 g/mol. The molecule has 4 heteroatoms. The van der Waals surface area contributed by atoms with Crippen LogP contribution in [0.25, 0.3) is 0 Å². The van der Waals surface area contributed by atoms with Crippen LogP contribution in [0.4, 0.5) is 4.39 Å². The molecule has 0 atom stereocenters. The van der Waals surface area contributed by atoms with Crippen LogP contribution in [0, 0.1) is 17.7 Å². The number of halogens is 2. The fraction of sp³-hybridized carbons (Fsp3) is 0.176. The van der Waals surface area contributed by atoms with Crippen molar-refractivity contribution in [2.45, 2.75) is 13.2 Å². The van der Waals surface area contributed by atoms with Gasteiger partial charge in [0.05, 0.1) is 18.8 Å². The first-order valence-electron chi connectivity index (χ1n) is 6.39. The highest BCUT2D eigenvalue weighted by molar-refractivity contribution is 9.10. The molecule has 2 aromatic carbocycles. The topological polar surface area (TPSA) is 29.5 Å². The zero-order valence-corrected chi connectivity index (χ0v) is 12.9. The van der Waals surface area contributed by atoms with E-state index in [2.05, 4.69) is 27.8 Å². The maximum Gasteiger partial charge on any atom is 0.138 e. The Morgan fingerprint density at radius 3 is 2.57 bits per heavy atom. The van der Waals surface area contributed by atoms with E-state index in [4.69, 9.17) is 9.84 Å². The Balaban J connectivity index is 1.97. The van der Waals surface area contributed by atoms with Crippen LogP contribution < -0.4 is 0 Å². The monoisotopic (exact) mass is 348 g/mol. The molecule has 0 aliphatic heterocycles. The van der Waals surface area contributed by atoms with Gasteiger partial charge in [-0.2, -0.15) is 0 Å². The molecule has 108 valence electrons. The largest absolute Gasteiger partial charge is 0.384 e. The number of hydrogen-bond donors (Lipinski definition) is 1. The predicted molar refractivity (Wildman–Crippen MR) is 83.0 cm³/mol. The summed E-state index contributed by atoms with van der Waals surface area (Å²) >= 11 is 3.41. The lowest BCUT2D eigenvalue weighted by Gasteiger charge is -2.06. The van der Waals surface area contributed by atoms with E-state index in [-0.39, 0.29) is 12.2 Å². The maximum absolute atomic E-state index is 13.5. The maximum atomic E-state index is 13.5. The molecular weight excluding hydrogens is 335 g/mol. The summed E-state index contributed by atoms with van der Waals surface area (Å²) in [6.07, 6.45) is 0. The van der Waals surface area contributed by atoms with Crippen molar-refractivity contribution in [3.8, 4) is 11.8 Å². The molecule has 21 heavy (non-hydrogen) atoms. The molecule has 0 saturated heterocycles. The van der Waals surface area contributed by atoms with Gasteiger partial charge >= 0.3 is 0 Å². The Morgan fingerprint density at radius 2 is 1.86 bits per heavy atom. The first-order chi connectivity index (χ1) is 10.2. The normalized spacial score (nSPS) is 10.0. The van der Waals surface area contributed by atoms with Crippen LogP contribution in [0.15, 0.2) is 46.9 Å². The predicted octanol–water partition coefficient (Wildman–Crippen LogP) is 3.65. The van der Waals surface area contributed by atoms with Gasteiger partial charge in [0.2, 0.25) is 0 Å². The quantitative estimate of drug-likeness (QED) is 0.854. The molecule has 0 aliphatic rings. The van der Waals surface area contributed by atoms with Gasteiger partial charge in [-0.1, -0.05) is 46.0 Å². The van der Waals surface area contributed by atoms with Crippen molar-refractivity contribution >= 4 is 15.9 Å². The molecular formula is C17H14BrFO2. The van der Waals surface area contributed by atoms with Gasteiger partial charge in [0, 0.05) is 4.47 Å². The summed E-state index contributed by atoms with van der Waals surface area (Å²) in [4.78, 5) is 0. The lowest BCUT2D eigenvalue weighted by atomic mass is 10.1. The van der Waals surface area contributed by atoms with Gasteiger partial charge in [0.25, 0.3) is 0 Å². The minimum absolute atomic E-state index is 0.271. The second-order valence-corrected chi connectivity index (χ2v) is 5.31. The molecule has 0 aliphatic carbocycles. The summed E-state index contributed by atoms with van der Waals surface area (Å²) in [5, 5.41) is 8.65. The summed E-state index contributed by atoms with van der Waals surface area (Å²) in [5.74, 6) is 4.63. The average Bonchev–Trinajstić information content (AvgIpc) is 2.48. The second kappa shape index (κ2) is 7.94. The molecule has 0 fully saturated rings. The smallest absolute Gasteiger partial charge is 0.138 e. The number of ether oxygens (including phenoxy) is 1. The number of aliphatic hydroxyl groups excluding tert-OH is 1. The van der Waals surface area contributed by atoms with E-state index in [1.165, 1.54) is 6.07 Å². The molecule has 0 bridgehead atoms. The molecule has 2 rings (SSSR count). The minimum atomic E-state index is -0.397. The van der Waals surface area contributed by atoms with Crippen molar-refractivity contribution in [1.82, 2.24) is 0 Å². The third-order valence-electron chi connectivity index (χ3n) is 2.76. The Morgan fingerprint density at radius 1 is 1.10 bits per heavy atom. The fourth-order valence-corrected chi connectivity index (χ4v) is 2.25. The fourth-order valence-electron chi connectivity index (χ4n) is 1.81. The highest BCUT2D eigenvalue weighted by atomic mass is 79.9. The van der Waals surface area contributed by atoms with Crippen molar-refractivity contribution in [1.29, 1.82) is 0 Å². The molecule has 0 radical (unpaired) electrons. The third-order valence-corrected chi connectivity index (χ3v) is 3.25. The molecule has 0 saturated carbocycles. The van der Waals surface area contributed by atoms with Gasteiger partial charge in [-0.05, 0) is 35.4 Å². The van der Waals surface area contributed by atoms with Crippen LogP contribution in [0.1, 0.15) is 16.7 Å². The Labute approximate surface area is 131 Å². The van der Waals surface area contributed by atoms with Gasteiger partial charge in [0.1, 0.15) is 12.4 Å². The molecule has 0 heterocycles. The van der Waals surface area contributed by atoms with Crippen LogP contribution in [0.2, 0.25) is 0 Å². The van der Waals surface area contributed by atoms with Gasteiger partial charge < -0.3 is 9.84 Å². The number of benzene rings is 2. The number of hydrogen-bond acceptors (Lipinski definition) is 2. The molecule has 1 N–H and O–H groups in total. The summed E-state index contributed by atoms with van der Waals surface area (Å²) in [7, 11) is 0.